The number of nitro groups is 1. The zero-order chi connectivity index (χ0) is 19.6. The first-order valence-corrected chi connectivity index (χ1v) is 9.84. The predicted molar refractivity (Wildman–Crippen MR) is 122 cm³/mol. The molecule has 3 rings (SSSR count). The van der Waals surface area contributed by atoms with Crippen molar-refractivity contribution in [1.29, 1.82) is 0 Å². The molecule has 0 saturated carbocycles. The Hall–Kier alpha value is -1.50. The predicted octanol–water partition coefficient (Wildman–Crippen LogP) is 1.62. The summed E-state index contributed by atoms with van der Waals surface area (Å²) in [6.07, 6.45) is 1.07. The van der Waals surface area contributed by atoms with Crippen molar-refractivity contribution in [2.24, 2.45) is 10.9 Å². The van der Waals surface area contributed by atoms with Crippen LogP contribution in [-0.2, 0) is 16.0 Å². The number of guanidine groups is 1. The van der Waals surface area contributed by atoms with Gasteiger partial charge in [-0.2, -0.15) is 0 Å². The largest absolute Gasteiger partial charge is 0.381 e. The zero-order valence-electron chi connectivity index (χ0n) is 16.5. The molecule has 2 saturated heterocycles. The number of ether oxygens (including phenoxy) is 2. The molecule has 9 nitrogen and oxygen atoms in total. The molecule has 0 amide bonds. The normalized spacial score (nSPS) is 20.1. The molecular formula is C19H30IN5O4. The van der Waals surface area contributed by atoms with Crippen LogP contribution < -0.4 is 10.6 Å². The summed E-state index contributed by atoms with van der Waals surface area (Å²) in [5, 5.41) is 17.6. The van der Waals surface area contributed by atoms with Crippen molar-refractivity contribution in [3.05, 3.63) is 39.9 Å². The summed E-state index contributed by atoms with van der Waals surface area (Å²) >= 11 is 0. The number of nitrogens with one attached hydrogen (secondary N) is 2. The number of nitro benzene ring substituents is 1. The first kappa shape index (κ1) is 23.8. The third-order valence-electron chi connectivity index (χ3n) is 4.97. The van der Waals surface area contributed by atoms with Crippen LogP contribution in [0.15, 0.2) is 29.3 Å². The SMILES string of the molecule is I.O=[N+]([O-])c1ccc(CN=C(NCCN2CCOCC2)NCC2CCOC2)cc1. The van der Waals surface area contributed by atoms with Crippen molar-refractivity contribution < 1.29 is 14.4 Å². The Kier molecular flexibility index (Phi) is 10.6. The van der Waals surface area contributed by atoms with Crippen LogP contribution in [0.5, 0.6) is 0 Å². The van der Waals surface area contributed by atoms with Crippen LogP contribution in [0, 0.1) is 16.0 Å². The molecule has 2 aliphatic heterocycles. The molecule has 0 radical (unpaired) electrons. The van der Waals surface area contributed by atoms with Crippen LogP contribution in [0.2, 0.25) is 0 Å². The molecule has 1 unspecified atom stereocenters. The molecule has 2 aliphatic rings. The van der Waals surface area contributed by atoms with Crippen LogP contribution in [0.4, 0.5) is 5.69 Å². The van der Waals surface area contributed by atoms with E-state index in [2.05, 4.69) is 20.5 Å². The molecular weight excluding hydrogens is 489 g/mol. The minimum absolute atomic E-state index is 0. The van der Waals surface area contributed by atoms with Crippen molar-refractivity contribution in [3.8, 4) is 0 Å². The summed E-state index contributed by atoms with van der Waals surface area (Å²) < 4.78 is 10.8. The maximum absolute atomic E-state index is 10.8. The van der Waals surface area contributed by atoms with Crippen LogP contribution in [0.25, 0.3) is 0 Å². The number of hydrogen-bond acceptors (Lipinski definition) is 6. The van der Waals surface area contributed by atoms with Gasteiger partial charge in [-0.1, -0.05) is 12.1 Å². The van der Waals surface area contributed by atoms with E-state index in [9.17, 15) is 10.1 Å². The van der Waals surface area contributed by atoms with Gasteiger partial charge in [-0.25, -0.2) is 4.99 Å². The number of halogens is 1. The first-order valence-electron chi connectivity index (χ1n) is 9.84. The van der Waals surface area contributed by atoms with E-state index in [1.807, 2.05) is 0 Å². The number of non-ortho nitro benzene ring substituents is 1. The van der Waals surface area contributed by atoms with E-state index in [0.29, 0.717) is 12.5 Å². The van der Waals surface area contributed by atoms with Gasteiger partial charge in [-0.05, 0) is 12.0 Å². The number of nitrogens with zero attached hydrogens (tertiary/aromatic N) is 3. The second-order valence-corrected chi connectivity index (χ2v) is 7.08. The minimum atomic E-state index is -0.392. The van der Waals surface area contributed by atoms with Crippen molar-refractivity contribution >= 4 is 35.6 Å². The van der Waals surface area contributed by atoms with Crippen molar-refractivity contribution in [2.75, 3.05) is 59.2 Å². The Bertz CT molecular complexity index is 647. The molecule has 1 aromatic rings. The molecule has 0 aromatic heterocycles. The fraction of sp³-hybridized carbons (Fsp3) is 0.632. The highest BCUT2D eigenvalue weighted by atomic mass is 127. The monoisotopic (exact) mass is 519 g/mol. The Labute approximate surface area is 188 Å². The third kappa shape index (κ3) is 8.41. The lowest BCUT2D eigenvalue weighted by atomic mass is 10.1. The molecule has 0 aliphatic carbocycles. The van der Waals surface area contributed by atoms with E-state index in [1.165, 1.54) is 12.1 Å². The summed E-state index contributed by atoms with van der Waals surface area (Å²) in [6, 6.07) is 6.52. The van der Waals surface area contributed by atoms with Gasteiger partial charge < -0.3 is 20.1 Å². The van der Waals surface area contributed by atoms with E-state index in [0.717, 1.165) is 77.1 Å². The van der Waals surface area contributed by atoms with E-state index in [4.69, 9.17) is 9.47 Å². The summed E-state index contributed by atoms with van der Waals surface area (Å²) in [7, 11) is 0. The van der Waals surface area contributed by atoms with Crippen molar-refractivity contribution in [2.45, 2.75) is 13.0 Å². The fourth-order valence-electron chi connectivity index (χ4n) is 3.21. The molecule has 2 fully saturated rings. The average Bonchev–Trinajstić information content (AvgIpc) is 3.24. The number of aliphatic imine (C=N–C) groups is 1. The third-order valence-corrected chi connectivity index (χ3v) is 4.97. The van der Waals surface area contributed by atoms with Crippen molar-refractivity contribution in [1.82, 2.24) is 15.5 Å². The van der Waals surface area contributed by atoms with Gasteiger partial charge >= 0.3 is 0 Å². The van der Waals surface area contributed by atoms with Crippen LogP contribution in [0.1, 0.15) is 12.0 Å². The lowest BCUT2D eigenvalue weighted by Gasteiger charge is -2.26. The molecule has 2 N–H and O–H groups in total. The van der Waals surface area contributed by atoms with Crippen LogP contribution >= 0.6 is 24.0 Å². The molecule has 0 bridgehead atoms. The number of hydrogen-bond donors (Lipinski definition) is 2. The summed E-state index contributed by atoms with van der Waals surface area (Å²) in [5.74, 6) is 1.27. The fourth-order valence-corrected chi connectivity index (χ4v) is 3.21. The smallest absolute Gasteiger partial charge is 0.269 e. The summed E-state index contributed by atoms with van der Waals surface area (Å²) in [6.45, 7) is 8.15. The Morgan fingerprint density at radius 3 is 2.59 bits per heavy atom. The zero-order valence-corrected chi connectivity index (χ0v) is 18.9. The Morgan fingerprint density at radius 2 is 1.93 bits per heavy atom. The highest BCUT2D eigenvalue weighted by Gasteiger charge is 2.16. The number of rotatable bonds is 8. The number of morpholine rings is 1. The minimum Gasteiger partial charge on any atom is -0.381 e. The second-order valence-electron chi connectivity index (χ2n) is 7.08. The van der Waals surface area contributed by atoms with Crippen LogP contribution in [-0.4, -0.2) is 74.9 Å². The van der Waals surface area contributed by atoms with Gasteiger partial charge in [0.05, 0.1) is 31.3 Å². The molecule has 0 spiro atoms. The van der Waals surface area contributed by atoms with Gasteiger partial charge in [0.2, 0.25) is 0 Å². The molecule has 10 heteroatoms. The van der Waals surface area contributed by atoms with Gasteiger partial charge in [-0.3, -0.25) is 15.0 Å². The van der Waals surface area contributed by atoms with E-state index in [-0.39, 0.29) is 29.7 Å². The maximum atomic E-state index is 10.8. The summed E-state index contributed by atoms with van der Waals surface area (Å²) in [4.78, 5) is 17.4. The van der Waals surface area contributed by atoms with Crippen LogP contribution in [0.3, 0.4) is 0 Å². The van der Waals surface area contributed by atoms with Gasteiger partial charge in [-0.15, -0.1) is 24.0 Å². The van der Waals surface area contributed by atoms with Gasteiger partial charge in [0.25, 0.3) is 5.69 Å². The topological polar surface area (TPSA) is 101 Å². The summed E-state index contributed by atoms with van der Waals surface area (Å²) in [5.41, 5.74) is 1.03. The lowest BCUT2D eigenvalue weighted by Crippen LogP contribution is -2.45. The number of benzene rings is 1. The van der Waals surface area contributed by atoms with E-state index >= 15 is 0 Å². The lowest BCUT2D eigenvalue weighted by molar-refractivity contribution is -0.384. The second kappa shape index (κ2) is 12.9. The van der Waals surface area contributed by atoms with Gasteiger partial charge in [0.15, 0.2) is 5.96 Å². The highest BCUT2D eigenvalue weighted by molar-refractivity contribution is 14.0. The average molecular weight is 519 g/mol. The Balaban J connectivity index is 0.00000300. The van der Waals surface area contributed by atoms with Crippen molar-refractivity contribution in [3.63, 3.8) is 0 Å². The highest BCUT2D eigenvalue weighted by Crippen LogP contribution is 2.13. The molecule has 2 heterocycles. The van der Waals surface area contributed by atoms with E-state index in [1.54, 1.807) is 12.1 Å². The van der Waals surface area contributed by atoms with Gasteiger partial charge in [0, 0.05) is 57.4 Å². The standard InChI is InChI=1S/C19H29N5O4.HI/c25-24(26)18-3-1-16(2-4-18)13-21-19(22-14-17-5-10-28-15-17)20-6-7-23-8-11-27-12-9-23;/h1-4,17H,5-15H2,(H2,20,21,22);1H. The quantitative estimate of drug-likeness (QED) is 0.177. The van der Waals surface area contributed by atoms with Gasteiger partial charge in [0.1, 0.15) is 0 Å². The molecule has 162 valence electrons. The maximum Gasteiger partial charge on any atom is 0.269 e. The molecule has 29 heavy (non-hydrogen) atoms. The first-order chi connectivity index (χ1) is 13.7. The van der Waals surface area contributed by atoms with E-state index < -0.39 is 4.92 Å². The molecule has 1 aromatic carbocycles. The Morgan fingerprint density at radius 1 is 1.17 bits per heavy atom. The molecule has 1 atom stereocenters.